The van der Waals surface area contributed by atoms with Crippen LogP contribution in [-0.4, -0.2) is 39.1 Å². The van der Waals surface area contributed by atoms with E-state index < -0.39 is 46.7 Å². The summed E-state index contributed by atoms with van der Waals surface area (Å²) in [6.45, 7) is 0.657. The number of nitrogens with two attached hydrogens (primary N) is 1. The number of amides is 2. The zero-order chi connectivity index (χ0) is 25.0. The number of hydrogen-bond donors (Lipinski definition) is 3. The summed E-state index contributed by atoms with van der Waals surface area (Å²) in [5.41, 5.74) is 5.36. The molecule has 178 valence electrons. The Morgan fingerprint density at radius 3 is 2.65 bits per heavy atom. The first-order chi connectivity index (χ1) is 16.1. The van der Waals surface area contributed by atoms with Gasteiger partial charge in [-0.15, -0.1) is 0 Å². The van der Waals surface area contributed by atoms with E-state index in [1.807, 2.05) is 0 Å². The number of benzene rings is 2. The van der Waals surface area contributed by atoms with Gasteiger partial charge in [0.1, 0.15) is 30.6 Å². The molecule has 0 bridgehead atoms. The van der Waals surface area contributed by atoms with Crippen LogP contribution in [-0.2, 0) is 11.4 Å². The Bertz CT molecular complexity index is 1310. The van der Waals surface area contributed by atoms with Gasteiger partial charge in [-0.25, -0.2) is 13.8 Å². The van der Waals surface area contributed by atoms with Crippen LogP contribution in [0.1, 0.15) is 21.5 Å². The number of halogens is 3. The average Bonchev–Trinajstić information content (AvgIpc) is 2.79. The number of primary amides is 1. The van der Waals surface area contributed by atoms with Crippen LogP contribution < -0.4 is 21.3 Å². The highest BCUT2D eigenvalue weighted by molar-refractivity contribution is 6.31. The second-order valence-electron chi connectivity index (χ2n) is 7.18. The number of aliphatic hydroxyl groups excluding tert-OH is 1. The van der Waals surface area contributed by atoms with Crippen LogP contribution in [0.2, 0.25) is 5.02 Å². The van der Waals surface area contributed by atoms with Gasteiger partial charge in [0.25, 0.3) is 11.5 Å². The van der Waals surface area contributed by atoms with Crippen molar-refractivity contribution in [1.82, 2.24) is 14.9 Å². The molecule has 0 aliphatic heterocycles. The number of aryl methyl sites for hydroxylation is 1. The quantitative estimate of drug-likeness (QED) is 0.437. The van der Waals surface area contributed by atoms with Gasteiger partial charge in [0.2, 0.25) is 11.8 Å². The maximum absolute atomic E-state index is 13.8. The highest BCUT2D eigenvalue weighted by atomic mass is 35.5. The molecule has 0 saturated carbocycles. The fourth-order valence-electron chi connectivity index (χ4n) is 2.93. The molecule has 0 aliphatic rings. The van der Waals surface area contributed by atoms with Crippen LogP contribution in [0.25, 0.3) is 5.69 Å². The number of hydrogen-bond acceptors (Lipinski definition) is 6. The number of ether oxygens (including phenoxy) is 1. The van der Waals surface area contributed by atoms with E-state index in [1.165, 1.54) is 18.2 Å². The summed E-state index contributed by atoms with van der Waals surface area (Å²) in [6.07, 6.45) is 1.12. The van der Waals surface area contributed by atoms with Crippen LogP contribution >= 0.6 is 11.6 Å². The number of aromatic nitrogens is 2. The normalized spacial score (nSPS) is 11.7. The first kappa shape index (κ1) is 24.8. The molecule has 1 aromatic heterocycles. The first-order valence-electron chi connectivity index (χ1n) is 9.78. The Balaban J connectivity index is 1.88. The SMILES string of the molecule is Cc1ccc(C(=O)N[C@H](CO)C(N)=O)cc1-n1cnc(OCc2ccc(F)cc2F)c(Cl)c1=O. The van der Waals surface area contributed by atoms with E-state index in [-0.39, 0.29) is 29.3 Å². The molecule has 2 aromatic carbocycles. The van der Waals surface area contributed by atoms with Crippen LogP contribution in [0.4, 0.5) is 8.78 Å². The fraction of sp³-hybridized carbons (Fsp3) is 0.182. The minimum absolute atomic E-state index is 0.0372. The van der Waals surface area contributed by atoms with Gasteiger partial charge in [-0.05, 0) is 36.8 Å². The molecule has 1 atom stereocenters. The number of carbonyl (C=O) groups excluding carboxylic acids is 2. The molecule has 0 radical (unpaired) electrons. The third-order valence-corrected chi connectivity index (χ3v) is 5.15. The zero-order valence-electron chi connectivity index (χ0n) is 17.7. The molecule has 12 heteroatoms. The third kappa shape index (κ3) is 5.38. The maximum Gasteiger partial charge on any atom is 0.280 e. The molecule has 34 heavy (non-hydrogen) atoms. The summed E-state index contributed by atoms with van der Waals surface area (Å²) in [5, 5.41) is 11.1. The number of nitrogens with one attached hydrogen (secondary N) is 1. The van der Waals surface area contributed by atoms with Crippen molar-refractivity contribution < 1.29 is 28.2 Å². The summed E-state index contributed by atoms with van der Waals surface area (Å²) in [5.74, 6) is -3.44. The number of aliphatic hydroxyl groups is 1. The molecule has 0 aliphatic carbocycles. The molecular formula is C22H19ClF2N4O5. The molecular weight excluding hydrogens is 474 g/mol. The van der Waals surface area contributed by atoms with Crippen molar-refractivity contribution in [2.75, 3.05) is 6.61 Å². The van der Waals surface area contributed by atoms with Gasteiger partial charge in [-0.3, -0.25) is 19.0 Å². The number of nitrogens with zero attached hydrogens (tertiary/aromatic N) is 2. The average molecular weight is 493 g/mol. The van der Waals surface area contributed by atoms with E-state index in [9.17, 15) is 28.3 Å². The predicted molar refractivity (Wildman–Crippen MR) is 118 cm³/mol. The van der Waals surface area contributed by atoms with Crippen molar-refractivity contribution >= 4 is 23.4 Å². The summed E-state index contributed by atoms with van der Waals surface area (Å²) in [4.78, 5) is 40.6. The lowest BCUT2D eigenvalue weighted by Gasteiger charge is -2.15. The standard InChI is InChI=1S/C22H19ClF2N4O5/c1-11-2-3-12(20(32)28-16(8-30)19(26)31)6-17(11)29-10-27-21(18(23)22(29)33)34-9-13-4-5-14(24)7-15(13)25/h2-7,10,16,30H,8-9H2,1H3,(H2,26,31)(H,28,32)/t16-/m1/s1. The summed E-state index contributed by atoms with van der Waals surface area (Å²) in [6, 6.07) is 6.06. The van der Waals surface area contributed by atoms with Crippen LogP contribution in [0.15, 0.2) is 47.5 Å². The van der Waals surface area contributed by atoms with Crippen molar-refractivity contribution in [3.05, 3.63) is 86.4 Å². The van der Waals surface area contributed by atoms with Gasteiger partial charge < -0.3 is 20.9 Å². The van der Waals surface area contributed by atoms with Crippen molar-refractivity contribution in [3.63, 3.8) is 0 Å². The topological polar surface area (TPSA) is 137 Å². The van der Waals surface area contributed by atoms with Gasteiger partial charge in [-0.1, -0.05) is 17.7 Å². The number of carbonyl (C=O) groups is 2. The predicted octanol–water partition coefficient (Wildman–Crippen LogP) is 1.63. The van der Waals surface area contributed by atoms with Gasteiger partial charge in [0, 0.05) is 17.2 Å². The Kier molecular flexibility index (Phi) is 7.59. The van der Waals surface area contributed by atoms with E-state index in [1.54, 1.807) is 13.0 Å². The fourth-order valence-corrected chi connectivity index (χ4v) is 3.13. The molecule has 0 spiro atoms. The molecule has 1 heterocycles. The molecule has 9 nitrogen and oxygen atoms in total. The number of rotatable bonds is 8. The molecule has 3 rings (SSSR count). The highest BCUT2D eigenvalue weighted by Crippen LogP contribution is 2.22. The third-order valence-electron chi connectivity index (χ3n) is 4.83. The smallest absolute Gasteiger partial charge is 0.280 e. The Hall–Kier alpha value is -3.83. The first-order valence-corrected chi connectivity index (χ1v) is 10.2. The lowest BCUT2D eigenvalue weighted by atomic mass is 10.1. The highest BCUT2D eigenvalue weighted by Gasteiger charge is 2.20. The zero-order valence-corrected chi connectivity index (χ0v) is 18.5. The van der Waals surface area contributed by atoms with Crippen molar-refractivity contribution in [2.45, 2.75) is 19.6 Å². The van der Waals surface area contributed by atoms with Crippen LogP contribution in [0, 0.1) is 18.6 Å². The second kappa shape index (κ2) is 10.4. The van der Waals surface area contributed by atoms with Crippen molar-refractivity contribution in [1.29, 1.82) is 0 Å². The minimum atomic E-state index is -1.28. The summed E-state index contributed by atoms with van der Waals surface area (Å²) >= 11 is 6.12. The van der Waals surface area contributed by atoms with E-state index in [4.69, 9.17) is 22.1 Å². The molecule has 2 amide bonds. The Labute approximate surface area is 196 Å². The van der Waals surface area contributed by atoms with Crippen molar-refractivity contribution in [2.24, 2.45) is 5.73 Å². The summed E-state index contributed by atoms with van der Waals surface area (Å²) < 4.78 is 33.3. The minimum Gasteiger partial charge on any atom is -0.471 e. The monoisotopic (exact) mass is 492 g/mol. The Morgan fingerprint density at radius 2 is 2.00 bits per heavy atom. The summed E-state index contributed by atoms with van der Waals surface area (Å²) in [7, 11) is 0. The Morgan fingerprint density at radius 1 is 1.26 bits per heavy atom. The van der Waals surface area contributed by atoms with Crippen LogP contribution in [0.5, 0.6) is 5.88 Å². The largest absolute Gasteiger partial charge is 0.471 e. The van der Waals surface area contributed by atoms with E-state index >= 15 is 0 Å². The van der Waals surface area contributed by atoms with Gasteiger partial charge >= 0.3 is 0 Å². The molecule has 4 N–H and O–H groups in total. The maximum atomic E-state index is 13.8. The molecule has 0 unspecified atom stereocenters. The van der Waals surface area contributed by atoms with Crippen LogP contribution in [0.3, 0.4) is 0 Å². The van der Waals surface area contributed by atoms with Gasteiger partial charge in [-0.2, -0.15) is 0 Å². The van der Waals surface area contributed by atoms with Crippen molar-refractivity contribution in [3.8, 4) is 11.6 Å². The second-order valence-corrected chi connectivity index (χ2v) is 7.55. The van der Waals surface area contributed by atoms with Gasteiger partial charge in [0.05, 0.1) is 12.3 Å². The van der Waals surface area contributed by atoms with E-state index in [0.717, 1.165) is 17.0 Å². The lowest BCUT2D eigenvalue weighted by Crippen LogP contribution is -2.46. The lowest BCUT2D eigenvalue weighted by molar-refractivity contribution is -0.120. The van der Waals surface area contributed by atoms with E-state index in [2.05, 4.69) is 10.3 Å². The van der Waals surface area contributed by atoms with E-state index in [0.29, 0.717) is 11.6 Å². The molecule has 0 saturated heterocycles. The molecule has 3 aromatic rings. The molecule has 0 fully saturated rings. The van der Waals surface area contributed by atoms with Gasteiger partial charge in [0.15, 0.2) is 5.02 Å².